The first-order valence-electron chi connectivity index (χ1n) is 8.57. The first kappa shape index (κ1) is 19.6. The van der Waals surface area contributed by atoms with Gasteiger partial charge in [0.15, 0.2) is 0 Å². The summed E-state index contributed by atoms with van der Waals surface area (Å²) in [4.78, 5) is 27.1. The number of nitro groups is 1. The third-order valence-electron chi connectivity index (χ3n) is 4.57. The highest BCUT2D eigenvalue weighted by atomic mass is 35.5. The molecule has 0 unspecified atom stereocenters. The van der Waals surface area contributed by atoms with Crippen LogP contribution in [-0.4, -0.2) is 56.6 Å². The van der Waals surface area contributed by atoms with Crippen molar-refractivity contribution in [3.8, 4) is 0 Å². The second-order valence-electron chi connectivity index (χ2n) is 6.24. The monoisotopic (exact) mass is 411 g/mol. The van der Waals surface area contributed by atoms with Gasteiger partial charge in [-0.1, -0.05) is 29.3 Å². The van der Waals surface area contributed by atoms with Gasteiger partial charge < -0.3 is 4.90 Å². The number of rotatable bonds is 5. The van der Waals surface area contributed by atoms with E-state index in [1.165, 1.54) is 10.9 Å². The molecule has 1 fully saturated rings. The number of aryl methyl sites for hydroxylation is 1. The van der Waals surface area contributed by atoms with Crippen molar-refractivity contribution >= 4 is 34.8 Å². The van der Waals surface area contributed by atoms with Crippen molar-refractivity contribution in [3.63, 3.8) is 0 Å². The number of piperazine rings is 1. The molecule has 1 aliphatic rings. The molecule has 0 atom stereocenters. The predicted molar refractivity (Wildman–Crippen MR) is 102 cm³/mol. The molecule has 0 radical (unpaired) electrons. The quantitative estimate of drug-likeness (QED) is 0.557. The Morgan fingerprint density at radius 2 is 1.85 bits per heavy atom. The molecule has 2 heterocycles. The van der Waals surface area contributed by atoms with Crippen LogP contribution in [0.3, 0.4) is 0 Å². The highest BCUT2D eigenvalue weighted by Crippen LogP contribution is 2.26. The van der Waals surface area contributed by atoms with Crippen molar-refractivity contribution < 1.29 is 9.72 Å². The van der Waals surface area contributed by atoms with Crippen LogP contribution in [0.15, 0.2) is 24.4 Å². The maximum absolute atomic E-state index is 12.7. The van der Waals surface area contributed by atoms with Crippen LogP contribution in [-0.2, 0) is 13.1 Å². The fraction of sp³-hybridized carbons (Fsp3) is 0.412. The first-order chi connectivity index (χ1) is 12.9. The standard InChI is InChI=1S/C17H19Cl2N5O3/c1-2-23-11-15(24(26)27)16(20-23)17(25)22-8-6-21(7-9-22)10-12-13(18)4-3-5-14(12)19/h3-5,11H,2,6-10H2,1H3. The fourth-order valence-electron chi connectivity index (χ4n) is 3.02. The molecular weight excluding hydrogens is 393 g/mol. The minimum atomic E-state index is -0.567. The lowest BCUT2D eigenvalue weighted by atomic mass is 10.2. The van der Waals surface area contributed by atoms with E-state index in [-0.39, 0.29) is 11.4 Å². The highest BCUT2D eigenvalue weighted by Gasteiger charge is 2.31. The minimum Gasteiger partial charge on any atom is -0.334 e. The molecule has 144 valence electrons. The van der Waals surface area contributed by atoms with E-state index >= 15 is 0 Å². The van der Waals surface area contributed by atoms with Crippen molar-refractivity contribution in [2.45, 2.75) is 20.0 Å². The largest absolute Gasteiger partial charge is 0.334 e. The number of amides is 1. The van der Waals surface area contributed by atoms with Crippen molar-refractivity contribution in [2.75, 3.05) is 26.2 Å². The number of nitrogens with zero attached hydrogens (tertiary/aromatic N) is 5. The van der Waals surface area contributed by atoms with Crippen molar-refractivity contribution in [2.24, 2.45) is 0 Å². The average molecular weight is 412 g/mol. The zero-order valence-corrected chi connectivity index (χ0v) is 16.3. The lowest BCUT2D eigenvalue weighted by molar-refractivity contribution is -0.385. The predicted octanol–water partition coefficient (Wildman–Crippen LogP) is 3.08. The minimum absolute atomic E-state index is 0.107. The van der Waals surface area contributed by atoms with E-state index in [1.807, 2.05) is 6.92 Å². The molecule has 3 rings (SSSR count). The topological polar surface area (TPSA) is 84.5 Å². The molecule has 0 N–H and O–H groups in total. The number of halogens is 2. The van der Waals surface area contributed by atoms with Crippen LogP contribution in [0.25, 0.3) is 0 Å². The molecule has 0 bridgehead atoms. The second kappa shape index (κ2) is 8.24. The summed E-state index contributed by atoms with van der Waals surface area (Å²) in [6.07, 6.45) is 1.29. The lowest BCUT2D eigenvalue weighted by Gasteiger charge is -2.34. The molecule has 1 saturated heterocycles. The second-order valence-corrected chi connectivity index (χ2v) is 7.06. The van der Waals surface area contributed by atoms with Crippen LogP contribution < -0.4 is 0 Å². The van der Waals surface area contributed by atoms with E-state index in [1.54, 1.807) is 23.1 Å². The van der Waals surface area contributed by atoms with Crippen molar-refractivity contribution in [1.82, 2.24) is 19.6 Å². The molecule has 0 spiro atoms. The van der Waals surface area contributed by atoms with Gasteiger partial charge >= 0.3 is 5.69 Å². The van der Waals surface area contributed by atoms with Crippen LogP contribution in [0, 0.1) is 10.1 Å². The number of benzene rings is 1. The van der Waals surface area contributed by atoms with Gasteiger partial charge in [-0.25, -0.2) is 0 Å². The molecule has 1 amide bonds. The van der Waals surface area contributed by atoms with Gasteiger partial charge in [-0.05, 0) is 19.1 Å². The van der Waals surface area contributed by atoms with Gasteiger partial charge in [-0.3, -0.25) is 24.5 Å². The third kappa shape index (κ3) is 4.23. The Morgan fingerprint density at radius 3 is 2.41 bits per heavy atom. The lowest BCUT2D eigenvalue weighted by Crippen LogP contribution is -2.48. The maximum atomic E-state index is 12.7. The van der Waals surface area contributed by atoms with Crippen LogP contribution >= 0.6 is 23.2 Å². The summed E-state index contributed by atoms with van der Waals surface area (Å²) in [7, 11) is 0. The Morgan fingerprint density at radius 1 is 1.22 bits per heavy atom. The Labute approximate surface area is 166 Å². The first-order valence-corrected chi connectivity index (χ1v) is 9.32. The number of carbonyl (C=O) groups excluding carboxylic acids is 1. The summed E-state index contributed by atoms with van der Waals surface area (Å²) in [5, 5.41) is 16.5. The number of aromatic nitrogens is 2. The highest BCUT2D eigenvalue weighted by molar-refractivity contribution is 6.35. The summed E-state index contributed by atoms with van der Waals surface area (Å²) in [6.45, 7) is 5.01. The molecule has 0 aliphatic carbocycles. The Kier molecular flexibility index (Phi) is 5.98. The summed E-state index contributed by atoms with van der Waals surface area (Å²) in [5.74, 6) is -0.413. The van der Waals surface area contributed by atoms with Crippen LogP contribution in [0.2, 0.25) is 10.0 Å². The van der Waals surface area contributed by atoms with E-state index in [9.17, 15) is 14.9 Å². The van der Waals surface area contributed by atoms with Gasteiger partial charge in [0.1, 0.15) is 6.20 Å². The van der Waals surface area contributed by atoms with E-state index in [4.69, 9.17) is 23.2 Å². The van der Waals surface area contributed by atoms with Gasteiger partial charge in [0.2, 0.25) is 5.69 Å². The molecule has 2 aromatic rings. The van der Waals surface area contributed by atoms with Crippen molar-refractivity contribution in [1.29, 1.82) is 0 Å². The van der Waals surface area contributed by atoms with Gasteiger partial charge in [-0.2, -0.15) is 5.10 Å². The molecule has 1 aliphatic heterocycles. The zero-order chi connectivity index (χ0) is 19.6. The normalized spacial score (nSPS) is 15.1. The molecule has 1 aromatic carbocycles. The molecule has 1 aromatic heterocycles. The molecule has 8 nitrogen and oxygen atoms in total. The van der Waals surface area contributed by atoms with Crippen LogP contribution in [0.5, 0.6) is 0 Å². The summed E-state index contributed by atoms with van der Waals surface area (Å²) >= 11 is 12.4. The van der Waals surface area contributed by atoms with Gasteiger partial charge in [0.25, 0.3) is 5.91 Å². The molecule has 27 heavy (non-hydrogen) atoms. The fourth-order valence-corrected chi connectivity index (χ4v) is 3.54. The maximum Gasteiger partial charge on any atom is 0.320 e. The van der Waals surface area contributed by atoms with E-state index < -0.39 is 10.8 Å². The smallest absolute Gasteiger partial charge is 0.320 e. The van der Waals surface area contributed by atoms with Crippen LogP contribution in [0.4, 0.5) is 5.69 Å². The van der Waals surface area contributed by atoms with Crippen molar-refractivity contribution in [3.05, 3.63) is 55.8 Å². The zero-order valence-electron chi connectivity index (χ0n) is 14.8. The molecular formula is C17H19Cl2N5O3. The number of hydrogen-bond acceptors (Lipinski definition) is 5. The van der Waals surface area contributed by atoms with Gasteiger partial charge in [0.05, 0.1) is 4.92 Å². The number of carbonyl (C=O) groups is 1. The summed E-state index contributed by atoms with van der Waals surface area (Å²) in [6, 6.07) is 5.39. The Hall–Kier alpha value is -2.16. The molecule has 10 heteroatoms. The molecule has 0 saturated carbocycles. The summed E-state index contributed by atoms with van der Waals surface area (Å²) in [5.41, 5.74) is 0.495. The van der Waals surface area contributed by atoms with E-state index in [0.717, 1.165) is 5.56 Å². The average Bonchev–Trinajstić information content (AvgIpc) is 3.10. The third-order valence-corrected chi connectivity index (χ3v) is 5.28. The van der Waals surface area contributed by atoms with Crippen LogP contribution in [0.1, 0.15) is 23.0 Å². The van der Waals surface area contributed by atoms with E-state index in [2.05, 4.69) is 10.00 Å². The van der Waals surface area contributed by atoms with Gasteiger partial charge in [-0.15, -0.1) is 0 Å². The van der Waals surface area contributed by atoms with E-state index in [0.29, 0.717) is 49.3 Å². The number of hydrogen-bond donors (Lipinski definition) is 0. The Balaban J connectivity index is 1.66. The van der Waals surface area contributed by atoms with Gasteiger partial charge in [0, 0.05) is 54.9 Å². The summed E-state index contributed by atoms with van der Waals surface area (Å²) < 4.78 is 1.40. The SMILES string of the molecule is CCn1cc([N+](=O)[O-])c(C(=O)N2CCN(Cc3c(Cl)cccc3Cl)CC2)n1. The Bertz CT molecular complexity index is 842.